The molecule has 2 N–H and O–H groups in total. The molecule has 2 heterocycles. The number of nitrogens with zero attached hydrogens (tertiary/aromatic N) is 3. The van der Waals surface area contributed by atoms with Crippen LogP contribution in [0.3, 0.4) is 0 Å². The van der Waals surface area contributed by atoms with E-state index < -0.39 is 0 Å². The number of anilines is 3. The molecule has 0 saturated carbocycles. The smallest absolute Gasteiger partial charge is 0.255 e. The summed E-state index contributed by atoms with van der Waals surface area (Å²) >= 11 is 0. The first-order valence-corrected chi connectivity index (χ1v) is 12.5. The fourth-order valence-corrected chi connectivity index (χ4v) is 4.22. The quantitative estimate of drug-likeness (QED) is 0.345. The van der Waals surface area contributed by atoms with Crippen LogP contribution in [0.5, 0.6) is 11.5 Å². The van der Waals surface area contributed by atoms with Crippen molar-refractivity contribution in [1.29, 1.82) is 5.26 Å². The third-order valence-electron chi connectivity index (χ3n) is 6.43. The molecule has 3 aromatic carbocycles. The van der Waals surface area contributed by atoms with Crippen LogP contribution in [0, 0.1) is 18.3 Å². The van der Waals surface area contributed by atoms with Gasteiger partial charge in [-0.3, -0.25) is 9.59 Å². The third-order valence-corrected chi connectivity index (χ3v) is 6.43. The fraction of sp³-hybridized carbons (Fsp3) is 0.200. The van der Waals surface area contributed by atoms with Crippen LogP contribution in [0.1, 0.15) is 32.7 Å². The Hall–Kier alpha value is -5.10. The summed E-state index contributed by atoms with van der Waals surface area (Å²) in [6.07, 6.45) is 0.415. The second-order valence-electron chi connectivity index (χ2n) is 9.20. The van der Waals surface area contributed by atoms with Gasteiger partial charge in [-0.2, -0.15) is 5.26 Å². The van der Waals surface area contributed by atoms with Crippen molar-refractivity contribution in [1.82, 2.24) is 4.98 Å². The van der Waals surface area contributed by atoms with Crippen molar-refractivity contribution in [2.75, 3.05) is 42.3 Å². The molecule has 1 aliphatic heterocycles. The number of nitriles is 1. The number of fused-ring (bicyclic) bond motifs is 2. The first-order valence-electron chi connectivity index (χ1n) is 12.5. The Kier molecular flexibility index (Phi) is 7.28. The standard InChI is InChI=1S/C30H27N5O4/c1-19-4-8-23(32-29(36)22-6-10-26-27(17-22)39-15-14-38-26)18-25(19)34-30(37)21-5-9-24-20(16-21)7-11-28(33-24)35(2)13-3-12-31/h4-11,16-18H,3,13-15H2,1-2H3,(H,32,36)(H,34,37). The van der Waals surface area contributed by atoms with Crippen LogP contribution in [-0.2, 0) is 0 Å². The van der Waals surface area contributed by atoms with Crippen LogP contribution < -0.4 is 25.0 Å². The molecule has 1 aliphatic rings. The molecule has 0 atom stereocenters. The summed E-state index contributed by atoms with van der Waals surface area (Å²) < 4.78 is 11.1. The number of carbonyl (C=O) groups is 2. The minimum atomic E-state index is -0.298. The number of aromatic nitrogens is 1. The molecule has 9 nitrogen and oxygen atoms in total. The van der Waals surface area contributed by atoms with E-state index in [0.29, 0.717) is 60.2 Å². The SMILES string of the molecule is Cc1ccc(NC(=O)c2ccc3c(c2)OCCO3)cc1NC(=O)c1ccc2nc(N(C)CCC#N)ccc2c1. The van der Waals surface area contributed by atoms with E-state index in [4.69, 9.17) is 14.7 Å². The molecule has 2 amide bonds. The normalized spacial score (nSPS) is 11.9. The Labute approximate surface area is 226 Å². The van der Waals surface area contributed by atoms with Gasteiger partial charge in [-0.25, -0.2) is 4.98 Å². The molecular formula is C30H27N5O4. The number of pyridine rings is 1. The lowest BCUT2D eigenvalue weighted by atomic mass is 10.1. The summed E-state index contributed by atoms with van der Waals surface area (Å²) in [6, 6.07) is 21.7. The second-order valence-corrected chi connectivity index (χ2v) is 9.20. The number of benzene rings is 3. The molecule has 0 spiro atoms. The molecule has 39 heavy (non-hydrogen) atoms. The monoisotopic (exact) mass is 521 g/mol. The van der Waals surface area contributed by atoms with Crippen molar-refractivity contribution >= 4 is 39.9 Å². The van der Waals surface area contributed by atoms with E-state index in [0.717, 1.165) is 22.3 Å². The highest BCUT2D eigenvalue weighted by molar-refractivity contribution is 6.08. The predicted molar refractivity (Wildman–Crippen MR) is 150 cm³/mol. The number of nitrogens with one attached hydrogen (secondary N) is 2. The van der Waals surface area contributed by atoms with E-state index in [1.54, 1.807) is 42.5 Å². The molecule has 196 valence electrons. The van der Waals surface area contributed by atoms with Crippen LogP contribution in [0.25, 0.3) is 10.9 Å². The Morgan fingerprint density at radius 2 is 1.67 bits per heavy atom. The van der Waals surface area contributed by atoms with Gasteiger partial charge in [0.15, 0.2) is 11.5 Å². The minimum Gasteiger partial charge on any atom is -0.486 e. The van der Waals surface area contributed by atoms with Crippen molar-refractivity contribution in [3.05, 3.63) is 83.4 Å². The molecule has 5 rings (SSSR count). The molecule has 4 aromatic rings. The Morgan fingerprint density at radius 3 is 2.49 bits per heavy atom. The zero-order valence-corrected chi connectivity index (χ0v) is 21.7. The number of aryl methyl sites for hydroxylation is 1. The molecule has 0 radical (unpaired) electrons. The highest BCUT2D eigenvalue weighted by Crippen LogP contribution is 2.31. The van der Waals surface area contributed by atoms with Crippen molar-refractivity contribution in [3.63, 3.8) is 0 Å². The lowest BCUT2D eigenvalue weighted by molar-refractivity contribution is 0.101. The molecule has 0 bridgehead atoms. The van der Waals surface area contributed by atoms with E-state index in [2.05, 4.69) is 21.7 Å². The number of rotatable bonds is 7. The van der Waals surface area contributed by atoms with E-state index in [-0.39, 0.29) is 11.8 Å². The van der Waals surface area contributed by atoms with Crippen molar-refractivity contribution < 1.29 is 19.1 Å². The largest absolute Gasteiger partial charge is 0.486 e. The van der Waals surface area contributed by atoms with Crippen molar-refractivity contribution in [2.24, 2.45) is 0 Å². The summed E-state index contributed by atoms with van der Waals surface area (Å²) in [6.45, 7) is 3.39. The molecule has 0 aliphatic carbocycles. The summed E-state index contributed by atoms with van der Waals surface area (Å²) in [5.41, 5.74) is 3.68. The average molecular weight is 522 g/mol. The first-order chi connectivity index (χ1) is 18.9. The highest BCUT2D eigenvalue weighted by Gasteiger charge is 2.16. The lowest BCUT2D eigenvalue weighted by Gasteiger charge is -2.18. The zero-order valence-electron chi connectivity index (χ0n) is 21.7. The number of hydrogen-bond donors (Lipinski definition) is 2. The summed E-state index contributed by atoms with van der Waals surface area (Å²) in [7, 11) is 1.89. The summed E-state index contributed by atoms with van der Waals surface area (Å²) in [5.74, 6) is 1.35. The number of amides is 2. The molecule has 0 unspecified atom stereocenters. The van der Waals surface area contributed by atoms with Gasteiger partial charge in [0.05, 0.1) is 18.0 Å². The van der Waals surface area contributed by atoms with Gasteiger partial charge in [0.2, 0.25) is 0 Å². The molecular weight excluding hydrogens is 494 g/mol. The summed E-state index contributed by atoms with van der Waals surface area (Å²) in [5, 5.41) is 15.5. The molecule has 1 aromatic heterocycles. The van der Waals surface area contributed by atoms with Gasteiger partial charge in [-0.1, -0.05) is 6.07 Å². The lowest BCUT2D eigenvalue weighted by Crippen LogP contribution is -2.19. The van der Waals surface area contributed by atoms with E-state index in [9.17, 15) is 9.59 Å². The van der Waals surface area contributed by atoms with Crippen LogP contribution in [0.15, 0.2) is 66.7 Å². The number of carbonyl (C=O) groups excluding carboxylic acids is 2. The van der Waals surface area contributed by atoms with Crippen molar-refractivity contribution in [3.8, 4) is 17.6 Å². The van der Waals surface area contributed by atoms with Gasteiger partial charge in [0.1, 0.15) is 19.0 Å². The number of ether oxygens (including phenoxy) is 2. The predicted octanol–water partition coefficient (Wildman–Crippen LogP) is 5.17. The highest BCUT2D eigenvalue weighted by atomic mass is 16.6. The number of hydrogen-bond acceptors (Lipinski definition) is 7. The minimum absolute atomic E-state index is 0.273. The Bertz CT molecular complexity index is 1610. The van der Waals surface area contributed by atoms with Crippen LogP contribution in [0.4, 0.5) is 17.2 Å². The fourth-order valence-electron chi connectivity index (χ4n) is 4.22. The maximum Gasteiger partial charge on any atom is 0.255 e. The average Bonchev–Trinajstić information content (AvgIpc) is 2.96. The maximum absolute atomic E-state index is 13.1. The van der Waals surface area contributed by atoms with E-state index in [1.807, 2.05) is 43.1 Å². The van der Waals surface area contributed by atoms with Gasteiger partial charge in [-0.05, 0) is 73.2 Å². The maximum atomic E-state index is 13.1. The van der Waals surface area contributed by atoms with Gasteiger partial charge in [0.25, 0.3) is 11.8 Å². The van der Waals surface area contributed by atoms with Crippen LogP contribution in [-0.4, -0.2) is 43.6 Å². The second kappa shape index (κ2) is 11.1. The van der Waals surface area contributed by atoms with Crippen molar-refractivity contribution in [2.45, 2.75) is 13.3 Å². The van der Waals surface area contributed by atoms with Gasteiger partial charge < -0.3 is 25.0 Å². The van der Waals surface area contributed by atoms with Gasteiger partial charge >= 0.3 is 0 Å². The zero-order chi connectivity index (χ0) is 27.4. The van der Waals surface area contributed by atoms with Gasteiger partial charge in [0, 0.05) is 41.5 Å². The van der Waals surface area contributed by atoms with Crippen LogP contribution >= 0.6 is 0 Å². The molecule has 0 saturated heterocycles. The first kappa shape index (κ1) is 25.5. The van der Waals surface area contributed by atoms with Crippen LogP contribution in [0.2, 0.25) is 0 Å². The summed E-state index contributed by atoms with van der Waals surface area (Å²) in [4.78, 5) is 32.5. The van der Waals surface area contributed by atoms with E-state index >= 15 is 0 Å². The Morgan fingerprint density at radius 1 is 0.923 bits per heavy atom. The molecule has 0 fully saturated rings. The Balaban J connectivity index is 1.29. The van der Waals surface area contributed by atoms with Gasteiger partial charge in [-0.15, -0.1) is 0 Å². The third kappa shape index (κ3) is 5.75. The topological polar surface area (TPSA) is 117 Å². The molecule has 9 heteroatoms. The van der Waals surface area contributed by atoms with E-state index in [1.165, 1.54) is 0 Å².